The first kappa shape index (κ1) is 14.9. The van der Waals surface area contributed by atoms with Gasteiger partial charge in [-0.25, -0.2) is 0 Å². The van der Waals surface area contributed by atoms with E-state index in [-0.39, 0.29) is 0 Å². The second kappa shape index (κ2) is 7.34. The molecule has 2 nitrogen and oxygen atoms in total. The molecule has 1 amide bonds. The molecule has 19 heavy (non-hydrogen) atoms. The Kier molecular flexibility index (Phi) is 5.76. The van der Waals surface area contributed by atoms with Gasteiger partial charge in [-0.3, -0.25) is 4.79 Å². The lowest BCUT2D eigenvalue weighted by molar-refractivity contribution is -0.133. The number of piperidine rings is 1. The van der Waals surface area contributed by atoms with E-state index >= 15 is 0 Å². The van der Waals surface area contributed by atoms with Crippen LogP contribution in [-0.2, 0) is 4.79 Å². The zero-order valence-electron chi connectivity index (χ0n) is 11.3. The predicted octanol–water partition coefficient (Wildman–Crippen LogP) is 4.19. The summed E-state index contributed by atoms with van der Waals surface area (Å²) >= 11 is 5.31. The molecule has 1 saturated heterocycles. The number of carbonyl (C=O) groups excluding carboxylic acids is 1. The third-order valence-electron chi connectivity index (χ3n) is 3.30. The van der Waals surface area contributed by atoms with Crippen LogP contribution in [0, 0.1) is 5.92 Å². The maximum Gasteiger partial charge on any atom is 0.222 e. The number of nitrogens with zero attached hydrogens (tertiary/aromatic N) is 1. The number of benzene rings is 1. The normalized spacial score (nSPS) is 17.6. The minimum atomic E-state index is 0.340. The van der Waals surface area contributed by atoms with Crippen molar-refractivity contribution < 1.29 is 4.79 Å². The molecule has 1 atom stereocenters. The lowest BCUT2D eigenvalue weighted by Gasteiger charge is -2.29. The highest BCUT2D eigenvalue weighted by Crippen LogP contribution is 2.23. The molecule has 0 N–H and O–H groups in total. The summed E-state index contributed by atoms with van der Waals surface area (Å²) in [6.45, 7) is 4.09. The topological polar surface area (TPSA) is 20.3 Å². The van der Waals surface area contributed by atoms with Gasteiger partial charge in [0.05, 0.1) is 0 Å². The number of thioether (sulfide) groups is 1. The van der Waals surface area contributed by atoms with Crippen LogP contribution >= 0.6 is 27.7 Å². The summed E-state index contributed by atoms with van der Waals surface area (Å²) in [5.41, 5.74) is 0. The smallest absolute Gasteiger partial charge is 0.222 e. The molecule has 0 unspecified atom stereocenters. The van der Waals surface area contributed by atoms with Gasteiger partial charge in [-0.2, -0.15) is 0 Å². The van der Waals surface area contributed by atoms with Crippen LogP contribution in [-0.4, -0.2) is 29.6 Å². The van der Waals surface area contributed by atoms with Gasteiger partial charge < -0.3 is 4.90 Å². The summed E-state index contributed by atoms with van der Waals surface area (Å²) in [5, 5.41) is 0. The van der Waals surface area contributed by atoms with Gasteiger partial charge in [-0.1, -0.05) is 22.9 Å². The summed E-state index contributed by atoms with van der Waals surface area (Å²) in [6, 6.07) is 8.41. The van der Waals surface area contributed by atoms with Crippen LogP contribution < -0.4 is 0 Å². The molecule has 104 valence electrons. The highest BCUT2D eigenvalue weighted by Gasteiger charge is 2.19. The van der Waals surface area contributed by atoms with E-state index in [9.17, 15) is 4.79 Å². The van der Waals surface area contributed by atoms with Crippen LogP contribution in [0.4, 0.5) is 0 Å². The Morgan fingerprint density at radius 3 is 2.74 bits per heavy atom. The maximum atomic E-state index is 11.8. The Bertz CT molecular complexity index is 421. The zero-order chi connectivity index (χ0) is 13.7. The van der Waals surface area contributed by atoms with Crippen molar-refractivity contribution in [2.24, 2.45) is 5.92 Å². The summed E-state index contributed by atoms with van der Waals surface area (Å²) in [6.07, 6.45) is 2.97. The number of likely N-dealkylation sites (tertiary alicyclic amines) is 1. The Hall–Kier alpha value is -0.480. The first-order valence-corrected chi connectivity index (χ1v) is 8.59. The molecule has 0 aliphatic carbocycles. The molecular formula is C15H20BrNOS. The van der Waals surface area contributed by atoms with Crippen LogP contribution in [0.25, 0.3) is 0 Å². The second-order valence-corrected chi connectivity index (χ2v) is 7.18. The first-order chi connectivity index (χ1) is 9.15. The highest BCUT2D eigenvalue weighted by molar-refractivity contribution is 9.10. The van der Waals surface area contributed by atoms with E-state index in [4.69, 9.17) is 0 Å². The standard InChI is InChI=1S/C15H20BrNOS/c1-12(10-17-9-3-2-4-15(17)18)11-19-14-7-5-13(16)6-8-14/h5-8,12H,2-4,9-11H2,1H3/t12-/m1/s1. The molecule has 0 bridgehead atoms. The quantitative estimate of drug-likeness (QED) is 0.748. The fourth-order valence-corrected chi connectivity index (χ4v) is 3.43. The zero-order valence-corrected chi connectivity index (χ0v) is 13.7. The number of amides is 1. The Morgan fingerprint density at radius 2 is 2.05 bits per heavy atom. The number of hydrogen-bond acceptors (Lipinski definition) is 2. The molecule has 4 heteroatoms. The van der Waals surface area contributed by atoms with Gasteiger partial charge in [0.1, 0.15) is 0 Å². The molecule has 0 radical (unpaired) electrons. The maximum absolute atomic E-state index is 11.8. The van der Waals surface area contributed by atoms with Crippen molar-refractivity contribution in [2.45, 2.75) is 31.1 Å². The van der Waals surface area contributed by atoms with Crippen LogP contribution in [0.5, 0.6) is 0 Å². The third kappa shape index (κ3) is 4.84. The van der Waals surface area contributed by atoms with E-state index in [0.29, 0.717) is 11.8 Å². The van der Waals surface area contributed by atoms with Crippen molar-refractivity contribution >= 4 is 33.6 Å². The molecular weight excluding hydrogens is 322 g/mol. The largest absolute Gasteiger partial charge is 0.342 e. The Labute approximate surface area is 128 Å². The number of halogens is 1. The fraction of sp³-hybridized carbons (Fsp3) is 0.533. The molecule has 1 aliphatic rings. The van der Waals surface area contributed by atoms with Gasteiger partial charge in [0.15, 0.2) is 0 Å². The van der Waals surface area contributed by atoms with E-state index in [2.05, 4.69) is 47.1 Å². The lowest BCUT2D eigenvalue weighted by Crippen LogP contribution is -2.38. The minimum absolute atomic E-state index is 0.340. The minimum Gasteiger partial charge on any atom is -0.342 e. The second-order valence-electron chi connectivity index (χ2n) is 5.17. The third-order valence-corrected chi connectivity index (χ3v) is 5.17. The van der Waals surface area contributed by atoms with E-state index in [1.165, 1.54) is 4.90 Å². The van der Waals surface area contributed by atoms with Gasteiger partial charge in [0.2, 0.25) is 5.91 Å². The van der Waals surface area contributed by atoms with Gasteiger partial charge >= 0.3 is 0 Å². The molecule has 1 aromatic rings. The number of rotatable bonds is 5. The SMILES string of the molecule is C[C@@H](CSc1ccc(Br)cc1)CN1CCCCC1=O. The number of hydrogen-bond donors (Lipinski definition) is 0. The van der Waals surface area contributed by atoms with Crippen LogP contribution in [0.3, 0.4) is 0 Å². The molecule has 1 heterocycles. The average Bonchev–Trinajstić information content (AvgIpc) is 2.41. The first-order valence-electron chi connectivity index (χ1n) is 6.81. The lowest BCUT2D eigenvalue weighted by atomic mass is 10.1. The van der Waals surface area contributed by atoms with Crippen molar-refractivity contribution in [3.63, 3.8) is 0 Å². The molecule has 0 aromatic heterocycles. The number of carbonyl (C=O) groups is 1. The monoisotopic (exact) mass is 341 g/mol. The van der Waals surface area contributed by atoms with Gasteiger partial charge in [0, 0.05) is 34.6 Å². The van der Waals surface area contributed by atoms with Crippen molar-refractivity contribution in [3.8, 4) is 0 Å². The van der Waals surface area contributed by atoms with Gasteiger partial charge in [-0.05, 0) is 43.0 Å². The van der Waals surface area contributed by atoms with Crippen molar-refractivity contribution in [2.75, 3.05) is 18.8 Å². The molecule has 0 saturated carbocycles. The predicted molar refractivity (Wildman–Crippen MR) is 84.5 cm³/mol. The molecule has 1 aromatic carbocycles. The summed E-state index contributed by atoms with van der Waals surface area (Å²) in [5.74, 6) is 1.94. The van der Waals surface area contributed by atoms with Crippen LogP contribution in [0.1, 0.15) is 26.2 Å². The molecule has 1 aliphatic heterocycles. The molecule has 2 rings (SSSR count). The van der Waals surface area contributed by atoms with E-state index in [1.807, 2.05) is 16.7 Å². The average molecular weight is 342 g/mol. The van der Waals surface area contributed by atoms with Crippen molar-refractivity contribution in [1.82, 2.24) is 4.90 Å². The Morgan fingerprint density at radius 1 is 1.32 bits per heavy atom. The highest BCUT2D eigenvalue weighted by atomic mass is 79.9. The Balaban J connectivity index is 1.76. The van der Waals surface area contributed by atoms with E-state index in [0.717, 1.165) is 42.6 Å². The van der Waals surface area contributed by atoms with Crippen LogP contribution in [0.2, 0.25) is 0 Å². The summed E-state index contributed by atoms with van der Waals surface area (Å²) in [4.78, 5) is 15.1. The van der Waals surface area contributed by atoms with Crippen molar-refractivity contribution in [3.05, 3.63) is 28.7 Å². The van der Waals surface area contributed by atoms with Crippen molar-refractivity contribution in [1.29, 1.82) is 0 Å². The van der Waals surface area contributed by atoms with E-state index < -0.39 is 0 Å². The van der Waals surface area contributed by atoms with E-state index in [1.54, 1.807) is 0 Å². The summed E-state index contributed by atoms with van der Waals surface area (Å²) < 4.78 is 1.11. The fourth-order valence-electron chi connectivity index (χ4n) is 2.25. The molecule has 0 spiro atoms. The molecule has 1 fully saturated rings. The van der Waals surface area contributed by atoms with Gasteiger partial charge in [-0.15, -0.1) is 11.8 Å². The van der Waals surface area contributed by atoms with Gasteiger partial charge in [0.25, 0.3) is 0 Å². The summed E-state index contributed by atoms with van der Waals surface area (Å²) in [7, 11) is 0. The van der Waals surface area contributed by atoms with Crippen LogP contribution in [0.15, 0.2) is 33.6 Å².